The number of piperidine rings is 2. The van der Waals surface area contributed by atoms with Crippen LogP contribution in [0.3, 0.4) is 0 Å². The smallest absolute Gasteiger partial charge is 0.419 e. The number of amides is 5. The first-order valence-electron chi connectivity index (χ1n) is 23.2. The van der Waals surface area contributed by atoms with Crippen molar-refractivity contribution in [2.24, 2.45) is 13.0 Å². The van der Waals surface area contributed by atoms with Gasteiger partial charge in [0.2, 0.25) is 5.91 Å². The Labute approximate surface area is 382 Å². The zero-order valence-corrected chi connectivity index (χ0v) is 38.1. The molecule has 0 unspecified atom stereocenters. The number of oxazole rings is 1. The second-order valence-corrected chi connectivity index (χ2v) is 18.2. The lowest BCUT2D eigenvalue weighted by atomic mass is 9.99. The summed E-state index contributed by atoms with van der Waals surface area (Å²) >= 11 is 0. The largest absolute Gasteiger partial charge is 0.465 e. The number of nitrogens with zero attached hydrogens (tertiary/aromatic N) is 7. The lowest BCUT2D eigenvalue weighted by Crippen LogP contribution is -2.53. The summed E-state index contributed by atoms with van der Waals surface area (Å²) in [6.45, 7) is 12.6. The molecule has 356 valence electrons. The van der Waals surface area contributed by atoms with Crippen molar-refractivity contribution >= 4 is 46.7 Å². The van der Waals surface area contributed by atoms with Crippen molar-refractivity contribution in [1.82, 2.24) is 34.0 Å². The molecule has 0 aliphatic carbocycles. The summed E-state index contributed by atoms with van der Waals surface area (Å²) in [5.41, 5.74) is 4.68. The number of benzene rings is 2. The molecule has 1 atom stereocenters. The molecule has 4 saturated heterocycles. The van der Waals surface area contributed by atoms with E-state index in [-0.39, 0.29) is 43.7 Å². The van der Waals surface area contributed by atoms with E-state index < -0.39 is 18.0 Å². The molecule has 5 aliphatic rings. The number of hydrogen-bond acceptors (Lipinski definition) is 11. The van der Waals surface area contributed by atoms with E-state index in [4.69, 9.17) is 13.9 Å². The highest BCUT2D eigenvalue weighted by molar-refractivity contribution is 5.91. The number of carbonyl (C=O) groups excluding carboxylic acids is 5. The first-order chi connectivity index (χ1) is 30.8. The van der Waals surface area contributed by atoms with Crippen LogP contribution in [0.15, 0.2) is 45.6 Å². The quantitative estimate of drug-likeness (QED) is 0.209. The van der Waals surface area contributed by atoms with E-state index in [1.165, 1.54) is 17.4 Å². The maximum atomic E-state index is 13.7. The van der Waals surface area contributed by atoms with Crippen molar-refractivity contribution in [1.29, 1.82) is 0 Å². The number of nitrogens with one attached hydrogen (secondary N) is 1. The SMILES string of the molecule is C.CC1CCN(CC(=O)OCCCN2CCCC2=O)CC1.Cc1cc(C[C@@H](OC(=O)N2CCC(N3CCc4ccccc4NC3=O)CC2)C(=O)N2CCN(C)CC2)cc2oc(=O)n(C)c12. The van der Waals surface area contributed by atoms with Gasteiger partial charge in [-0.1, -0.05) is 38.6 Å². The summed E-state index contributed by atoms with van der Waals surface area (Å²) in [6.07, 6.45) is 5.35. The van der Waals surface area contributed by atoms with Gasteiger partial charge in [0, 0.05) is 90.5 Å². The van der Waals surface area contributed by atoms with Gasteiger partial charge in [-0.15, -0.1) is 0 Å². The molecule has 0 spiro atoms. The van der Waals surface area contributed by atoms with Crippen LogP contribution in [0.5, 0.6) is 0 Å². The number of piperazine rings is 1. The number of esters is 1. The summed E-state index contributed by atoms with van der Waals surface area (Å²) in [5, 5.41) is 3.03. The van der Waals surface area contributed by atoms with Gasteiger partial charge in [-0.05, 0) is 107 Å². The second kappa shape index (κ2) is 22.7. The van der Waals surface area contributed by atoms with Gasteiger partial charge < -0.3 is 43.7 Å². The predicted octanol–water partition coefficient (Wildman–Crippen LogP) is 4.73. The number of likely N-dealkylation sites (tertiary alicyclic amines) is 3. The fourth-order valence-corrected chi connectivity index (χ4v) is 9.45. The van der Waals surface area contributed by atoms with Gasteiger partial charge in [0.25, 0.3) is 5.91 Å². The standard InChI is InChI=1S/C32H40N6O6.C15H26N2O3.CH4/c1-21-18-22(19-26-28(21)35(3)31(41)43-26)20-27(29(39)36-16-14-34(2)15-17-36)44-32(42)37-11-9-24(10-12-37)38-13-8-23-6-4-5-7-25(23)33-30(38)40;1-13-5-9-16(10-6-13)12-15(19)20-11-3-8-17-7-2-4-14(17)18;/h4-7,18-19,24,27H,8-17,20H2,1-3H3,(H,33,40);13H,2-12H2,1H3;1H4/t27-;;/m1../s1. The third-order valence-electron chi connectivity index (χ3n) is 13.4. The zero-order chi connectivity index (χ0) is 45.3. The molecular weight excluding hydrogens is 833 g/mol. The Kier molecular flexibility index (Phi) is 17.1. The average molecular weight is 903 g/mol. The van der Waals surface area contributed by atoms with Gasteiger partial charge in [-0.3, -0.25) is 23.9 Å². The average Bonchev–Trinajstić information content (AvgIpc) is 3.77. The molecule has 2 aromatic carbocycles. The molecule has 6 heterocycles. The Balaban J connectivity index is 0.000000280. The lowest BCUT2D eigenvalue weighted by Gasteiger charge is -2.38. The number of rotatable bonds is 11. The van der Waals surface area contributed by atoms with Crippen LogP contribution in [0, 0.1) is 12.8 Å². The van der Waals surface area contributed by atoms with E-state index in [0.29, 0.717) is 82.8 Å². The van der Waals surface area contributed by atoms with Crippen LogP contribution in [-0.4, -0.2) is 168 Å². The van der Waals surface area contributed by atoms with E-state index >= 15 is 0 Å². The van der Waals surface area contributed by atoms with Crippen LogP contribution >= 0.6 is 0 Å². The van der Waals surface area contributed by atoms with Crippen LogP contribution in [0.1, 0.15) is 76.0 Å². The fraction of sp³-hybridized carbons (Fsp3) is 0.625. The van der Waals surface area contributed by atoms with Crippen molar-refractivity contribution in [3.05, 3.63) is 63.6 Å². The highest BCUT2D eigenvalue weighted by atomic mass is 16.6. The number of fused-ring (bicyclic) bond motifs is 2. The molecule has 65 heavy (non-hydrogen) atoms. The van der Waals surface area contributed by atoms with Crippen molar-refractivity contribution in [3.8, 4) is 0 Å². The number of aromatic nitrogens is 1. The first-order valence-corrected chi connectivity index (χ1v) is 23.2. The Morgan fingerprint density at radius 2 is 1.58 bits per heavy atom. The Hall–Kier alpha value is -5.42. The van der Waals surface area contributed by atoms with Gasteiger partial charge in [0.05, 0.1) is 18.7 Å². The normalized spacial score (nSPS) is 19.4. The van der Waals surface area contributed by atoms with E-state index in [2.05, 4.69) is 22.0 Å². The van der Waals surface area contributed by atoms with Crippen molar-refractivity contribution < 1.29 is 37.9 Å². The van der Waals surface area contributed by atoms with Gasteiger partial charge in [0.1, 0.15) is 0 Å². The minimum Gasteiger partial charge on any atom is -0.465 e. The number of urea groups is 1. The molecule has 0 saturated carbocycles. The van der Waals surface area contributed by atoms with Crippen molar-refractivity contribution in [2.45, 2.75) is 91.2 Å². The van der Waals surface area contributed by atoms with Crippen LogP contribution in [0.25, 0.3) is 11.1 Å². The summed E-state index contributed by atoms with van der Waals surface area (Å²) in [4.78, 5) is 86.9. The number of hydrogen-bond donors (Lipinski definition) is 1. The molecular formula is C48H70N8O9. The minimum absolute atomic E-state index is 0. The summed E-state index contributed by atoms with van der Waals surface area (Å²) in [5.74, 6) is 0.197. The first kappa shape index (κ1) is 49.0. The highest BCUT2D eigenvalue weighted by Gasteiger charge is 2.35. The summed E-state index contributed by atoms with van der Waals surface area (Å²) in [7, 11) is 3.67. The number of para-hydroxylation sites is 1. The maximum Gasteiger partial charge on any atom is 0.419 e. The molecule has 1 N–H and O–H groups in total. The molecule has 0 bridgehead atoms. The fourth-order valence-electron chi connectivity index (χ4n) is 9.45. The van der Waals surface area contributed by atoms with Gasteiger partial charge >= 0.3 is 23.8 Å². The minimum atomic E-state index is -1.02. The third kappa shape index (κ3) is 12.7. The Morgan fingerprint density at radius 1 is 0.862 bits per heavy atom. The Morgan fingerprint density at radius 3 is 2.29 bits per heavy atom. The number of carbonyl (C=O) groups is 5. The topological polar surface area (TPSA) is 170 Å². The molecule has 5 amide bonds. The van der Waals surface area contributed by atoms with E-state index in [9.17, 15) is 28.8 Å². The van der Waals surface area contributed by atoms with E-state index in [1.807, 2.05) is 54.1 Å². The zero-order valence-electron chi connectivity index (χ0n) is 38.1. The van der Waals surface area contributed by atoms with E-state index in [1.54, 1.807) is 22.9 Å². The number of aryl methyl sites for hydroxylation is 2. The molecule has 5 aliphatic heterocycles. The monoisotopic (exact) mass is 903 g/mol. The maximum absolute atomic E-state index is 13.7. The van der Waals surface area contributed by atoms with Crippen molar-refractivity contribution in [2.75, 3.05) is 97.5 Å². The van der Waals surface area contributed by atoms with Crippen LogP contribution in [0.2, 0.25) is 0 Å². The van der Waals surface area contributed by atoms with Crippen LogP contribution in [-0.2, 0) is 43.7 Å². The molecule has 3 aromatic rings. The predicted molar refractivity (Wildman–Crippen MR) is 248 cm³/mol. The van der Waals surface area contributed by atoms with Gasteiger partial charge in [-0.2, -0.15) is 0 Å². The van der Waals surface area contributed by atoms with Crippen LogP contribution in [0.4, 0.5) is 15.3 Å². The molecule has 4 fully saturated rings. The summed E-state index contributed by atoms with van der Waals surface area (Å²) < 4.78 is 18.1. The number of ether oxygens (including phenoxy) is 2. The summed E-state index contributed by atoms with van der Waals surface area (Å²) in [6, 6.07) is 11.4. The van der Waals surface area contributed by atoms with Crippen molar-refractivity contribution in [3.63, 3.8) is 0 Å². The van der Waals surface area contributed by atoms with E-state index in [0.717, 1.165) is 80.3 Å². The molecule has 8 rings (SSSR count). The number of anilines is 1. The highest BCUT2D eigenvalue weighted by Crippen LogP contribution is 2.26. The molecule has 0 radical (unpaired) electrons. The Bertz CT molecular complexity index is 2180. The van der Waals surface area contributed by atoms with Crippen LogP contribution < -0.4 is 11.1 Å². The second-order valence-electron chi connectivity index (χ2n) is 18.2. The molecule has 17 heteroatoms. The van der Waals surface area contributed by atoms with Gasteiger partial charge in [-0.25, -0.2) is 14.4 Å². The third-order valence-corrected chi connectivity index (χ3v) is 13.4. The van der Waals surface area contributed by atoms with Gasteiger partial charge in [0.15, 0.2) is 11.7 Å². The molecule has 17 nitrogen and oxygen atoms in total. The number of likely N-dealkylation sites (N-methyl/N-ethyl adjacent to an activating group) is 1. The molecule has 1 aromatic heterocycles. The lowest BCUT2D eigenvalue weighted by molar-refractivity contribution is -0.145.